The molecule has 0 aliphatic carbocycles. The number of carboxylic acid groups (broad SMARTS) is 1. The van der Waals surface area contributed by atoms with Gasteiger partial charge in [-0.15, -0.1) is 0 Å². The molecule has 1 aromatic rings. The minimum Gasteiger partial charge on any atom is -0.480 e. The second kappa shape index (κ2) is 6.00. The van der Waals surface area contributed by atoms with Crippen molar-refractivity contribution in [2.24, 2.45) is 7.05 Å². The lowest BCUT2D eigenvalue weighted by molar-refractivity contribution is -0.138. The van der Waals surface area contributed by atoms with Crippen LogP contribution in [0.1, 0.15) is 6.42 Å². The van der Waals surface area contributed by atoms with Crippen molar-refractivity contribution in [3.63, 3.8) is 0 Å². The standard InChI is InChI=1S/C10H15N3O4/c1-13-5-4-11-8(9(13)14)12-7(10(15)16)3-6-17-2/h4-5,7H,3,6H2,1-2H3,(H,11,12)(H,15,16). The van der Waals surface area contributed by atoms with E-state index in [0.717, 1.165) is 0 Å². The van der Waals surface area contributed by atoms with Crippen LogP contribution in [0.15, 0.2) is 17.2 Å². The number of carboxylic acids is 1. The van der Waals surface area contributed by atoms with Gasteiger partial charge in [0.15, 0.2) is 5.82 Å². The first kappa shape index (κ1) is 13.2. The Bertz CT molecular complexity index is 443. The van der Waals surface area contributed by atoms with Crippen LogP contribution in [-0.2, 0) is 16.6 Å². The highest BCUT2D eigenvalue weighted by Crippen LogP contribution is 2.01. The average Bonchev–Trinajstić information content (AvgIpc) is 2.29. The third-order valence-corrected chi connectivity index (χ3v) is 2.24. The molecular weight excluding hydrogens is 226 g/mol. The molecule has 1 aromatic heterocycles. The number of carbonyl (C=O) groups is 1. The molecule has 0 aliphatic heterocycles. The van der Waals surface area contributed by atoms with E-state index in [-0.39, 0.29) is 24.4 Å². The Kier molecular flexibility index (Phi) is 4.65. The van der Waals surface area contributed by atoms with Crippen LogP contribution in [0.4, 0.5) is 5.82 Å². The van der Waals surface area contributed by atoms with Crippen LogP contribution < -0.4 is 10.9 Å². The Hall–Kier alpha value is -1.89. The van der Waals surface area contributed by atoms with Gasteiger partial charge < -0.3 is 19.7 Å². The fourth-order valence-electron chi connectivity index (χ4n) is 1.25. The molecule has 0 amide bonds. The summed E-state index contributed by atoms with van der Waals surface area (Å²) in [5.74, 6) is -1.02. The van der Waals surface area contributed by atoms with Gasteiger partial charge in [0.25, 0.3) is 5.56 Å². The van der Waals surface area contributed by atoms with Crippen LogP contribution >= 0.6 is 0 Å². The molecule has 17 heavy (non-hydrogen) atoms. The third kappa shape index (κ3) is 3.56. The normalized spacial score (nSPS) is 12.1. The Balaban J connectivity index is 2.82. The third-order valence-electron chi connectivity index (χ3n) is 2.24. The number of nitrogens with one attached hydrogen (secondary N) is 1. The summed E-state index contributed by atoms with van der Waals surface area (Å²) in [5, 5.41) is 11.6. The largest absolute Gasteiger partial charge is 0.480 e. The topological polar surface area (TPSA) is 93.5 Å². The number of anilines is 1. The van der Waals surface area contributed by atoms with Crippen LogP contribution in [0.3, 0.4) is 0 Å². The van der Waals surface area contributed by atoms with E-state index in [1.54, 1.807) is 7.05 Å². The molecule has 7 nitrogen and oxygen atoms in total. The zero-order valence-corrected chi connectivity index (χ0v) is 9.71. The first-order valence-corrected chi connectivity index (χ1v) is 5.06. The number of nitrogens with zero attached hydrogens (tertiary/aromatic N) is 2. The van der Waals surface area contributed by atoms with E-state index in [1.807, 2.05) is 0 Å². The maximum Gasteiger partial charge on any atom is 0.326 e. The Morgan fingerprint density at radius 3 is 3.00 bits per heavy atom. The van der Waals surface area contributed by atoms with E-state index in [0.29, 0.717) is 0 Å². The van der Waals surface area contributed by atoms with Crippen molar-refractivity contribution < 1.29 is 14.6 Å². The minimum absolute atomic E-state index is 0.0264. The first-order chi connectivity index (χ1) is 8.06. The molecule has 0 radical (unpaired) electrons. The monoisotopic (exact) mass is 241 g/mol. The Labute approximate surface area is 98.1 Å². The molecular formula is C10H15N3O4. The molecule has 7 heteroatoms. The van der Waals surface area contributed by atoms with Crippen molar-refractivity contribution >= 4 is 11.8 Å². The molecule has 0 fully saturated rings. The average molecular weight is 241 g/mol. The van der Waals surface area contributed by atoms with Crippen molar-refractivity contribution in [1.29, 1.82) is 0 Å². The molecule has 2 N–H and O–H groups in total. The molecule has 1 unspecified atom stereocenters. The van der Waals surface area contributed by atoms with Gasteiger partial charge in [0, 0.05) is 39.6 Å². The van der Waals surface area contributed by atoms with Gasteiger partial charge in [-0.1, -0.05) is 0 Å². The first-order valence-electron chi connectivity index (χ1n) is 5.06. The number of hydrogen-bond acceptors (Lipinski definition) is 5. The number of hydrogen-bond donors (Lipinski definition) is 2. The lowest BCUT2D eigenvalue weighted by Crippen LogP contribution is -2.34. The maximum absolute atomic E-state index is 11.6. The van der Waals surface area contributed by atoms with Crippen molar-refractivity contribution in [3.8, 4) is 0 Å². The predicted molar refractivity (Wildman–Crippen MR) is 61.0 cm³/mol. The van der Waals surface area contributed by atoms with Gasteiger partial charge in [-0.05, 0) is 0 Å². The van der Waals surface area contributed by atoms with Gasteiger partial charge in [0.05, 0.1) is 0 Å². The van der Waals surface area contributed by atoms with E-state index in [4.69, 9.17) is 9.84 Å². The van der Waals surface area contributed by atoms with Crippen LogP contribution in [0.25, 0.3) is 0 Å². The lowest BCUT2D eigenvalue weighted by Gasteiger charge is -2.14. The summed E-state index contributed by atoms with van der Waals surface area (Å²) < 4.78 is 6.13. The summed E-state index contributed by atoms with van der Waals surface area (Å²) in [7, 11) is 3.05. The summed E-state index contributed by atoms with van der Waals surface area (Å²) in [6.45, 7) is 0.289. The van der Waals surface area contributed by atoms with Gasteiger partial charge >= 0.3 is 5.97 Å². The van der Waals surface area contributed by atoms with E-state index in [1.165, 1.54) is 24.1 Å². The molecule has 94 valence electrons. The second-order valence-electron chi connectivity index (χ2n) is 3.51. The maximum atomic E-state index is 11.6. The molecule has 0 aliphatic rings. The van der Waals surface area contributed by atoms with Gasteiger partial charge in [0.1, 0.15) is 6.04 Å². The number of ether oxygens (including phenoxy) is 1. The Morgan fingerprint density at radius 2 is 2.41 bits per heavy atom. The van der Waals surface area contributed by atoms with Crippen molar-refractivity contribution in [3.05, 3.63) is 22.7 Å². The highest BCUT2D eigenvalue weighted by Gasteiger charge is 2.18. The van der Waals surface area contributed by atoms with Gasteiger partial charge in [-0.2, -0.15) is 0 Å². The van der Waals surface area contributed by atoms with Crippen LogP contribution in [0.5, 0.6) is 0 Å². The molecule has 0 bridgehead atoms. The van der Waals surface area contributed by atoms with Gasteiger partial charge in [-0.3, -0.25) is 4.79 Å². The van der Waals surface area contributed by atoms with Crippen LogP contribution in [0.2, 0.25) is 0 Å². The highest BCUT2D eigenvalue weighted by molar-refractivity contribution is 5.76. The van der Waals surface area contributed by atoms with E-state index in [2.05, 4.69) is 10.3 Å². The number of aromatic nitrogens is 2. The zero-order valence-electron chi connectivity index (χ0n) is 9.71. The van der Waals surface area contributed by atoms with E-state index >= 15 is 0 Å². The number of aryl methyl sites for hydroxylation is 1. The number of rotatable bonds is 6. The van der Waals surface area contributed by atoms with E-state index < -0.39 is 12.0 Å². The molecule has 0 saturated carbocycles. The molecule has 0 aromatic carbocycles. The summed E-state index contributed by atoms with van der Waals surface area (Å²) in [6, 6.07) is -0.891. The van der Waals surface area contributed by atoms with Crippen molar-refractivity contribution in [1.82, 2.24) is 9.55 Å². The van der Waals surface area contributed by atoms with Crippen LogP contribution in [-0.4, -0.2) is 40.4 Å². The second-order valence-corrected chi connectivity index (χ2v) is 3.51. The molecule has 1 atom stereocenters. The highest BCUT2D eigenvalue weighted by atomic mass is 16.5. The summed E-state index contributed by atoms with van der Waals surface area (Å²) in [6.07, 6.45) is 3.18. The minimum atomic E-state index is -1.05. The Morgan fingerprint density at radius 1 is 1.71 bits per heavy atom. The molecule has 1 rings (SSSR count). The predicted octanol–water partition coefficient (Wildman–Crippen LogP) is -0.318. The molecule has 1 heterocycles. The van der Waals surface area contributed by atoms with E-state index in [9.17, 15) is 9.59 Å². The molecule has 0 saturated heterocycles. The summed E-state index contributed by atoms with van der Waals surface area (Å²) in [4.78, 5) is 26.4. The van der Waals surface area contributed by atoms with Crippen LogP contribution in [0, 0.1) is 0 Å². The lowest BCUT2D eigenvalue weighted by atomic mass is 10.2. The smallest absolute Gasteiger partial charge is 0.326 e. The van der Waals surface area contributed by atoms with Crippen molar-refractivity contribution in [2.75, 3.05) is 19.0 Å². The zero-order chi connectivity index (χ0) is 12.8. The van der Waals surface area contributed by atoms with Crippen molar-refractivity contribution in [2.45, 2.75) is 12.5 Å². The number of aliphatic carboxylic acids is 1. The fraction of sp³-hybridized carbons (Fsp3) is 0.500. The fourth-order valence-corrected chi connectivity index (χ4v) is 1.25. The summed E-state index contributed by atoms with van der Waals surface area (Å²) >= 11 is 0. The molecule has 0 spiro atoms. The summed E-state index contributed by atoms with van der Waals surface area (Å²) in [5.41, 5.74) is -0.365. The quantitative estimate of drug-likeness (QED) is 0.709. The SMILES string of the molecule is COCCC(Nc1nccn(C)c1=O)C(=O)O. The number of methoxy groups -OCH3 is 1. The van der Waals surface area contributed by atoms with Gasteiger partial charge in [-0.25, -0.2) is 9.78 Å². The van der Waals surface area contributed by atoms with Gasteiger partial charge in [0.2, 0.25) is 0 Å².